The van der Waals surface area contributed by atoms with Gasteiger partial charge in [-0.15, -0.1) is 11.6 Å². The first kappa shape index (κ1) is 20.4. The summed E-state index contributed by atoms with van der Waals surface area (Å²) in [6, 6.07) is 0. The molecule has 0 aromatic carbocycles. The molecule has 1 unspecified atom stereocenters. The number of halogens is 1. The van der Waals surface area contributed by atoms with Crippen LogP contribution in [0.5, 0.6) is 0 Å². The highest BCUT2D eigenvalue weighted by molar-refractivity contribution is 6.17. The van der Waals surface area contributed by atoms with Crippen molar-refractivity contribution in [1.29, 1.82) is 0 Å². The van der Waals surface area contributed by atoms with Crippen molar-refractivity contribution in [3.8, 4) is 0 Å². The minimum Gasteiger partial charge on any atom is -0.501 e. The standard InChI is InChI=1S/C11H20O2.C4H7ClO/c1-4-7-8-10(5-2)9-13-11(12)6-3;1-2-6-4-3-5/h6,10H,3-5,7-9H2,1-2H3;2H,1,3-4H2. The molecule has 1 atom stereocenters. The predicted octanol–water partition coefficient (Wildman–Crippen LogP) is 4.32. The molecular weight excluding hydrogens is 264 g/mol. The summed E-state index contributed by atoms with van der Waals surface area (Å²) in [6.45, 7) is 12.1. The van der Waals surface area contributed by atoms with Crippen molar-refractivity contribution < 1.29 is 14.3 Å². The zero-order valence-electron chi connectivity index (χ0n) is 12.2. The van der Waals surface area contributed by atoms with Crippen LogP contribution in [0.15, 0.2) is 25.5 Å². The Hall–Kier alpha value is -0.960. The summed E-state index contributed by atoms with van der Waals surface area (Å²) >= 11 is 5.21. The zero-order chi connectivity index (χ0) is 14.9. The third-order valence-corrected chi connectivity index (χ3v) is 2.64. The van der Waals surface area contributed by atoms with Gasteiger partial charge in [0.25, 0.3) is 0 Å². The fraction of sp³-hybridized carbons (Fsp3) is 0.667. The summed E-state index contributed by atoms with van der Waals surface area (Å²) in [5.41, 5.74) is 0. The fourth-order valence-electron chi connectivity index (χ4n) is 1.28. The predicted molar refractivity (Wildman–Crippen MR) is 81.3 cm³/mol. The molecule has 0 rings (SSSR count). The van der Waals surface area contributed by atoms with E-state index in [-0.39, 0.29) is 5.97 Å². The number of unbranched alkanes of at least 4 members (excludes halogenated alkanes) is 1. The van der Waals surface area contributed by atoms with Crippen LogP contribution in [-0.4, -0.2) is 25.1 Å². The van der Waals surface area contributed by atoms with Crippen LogP contribution in [0.25, 0.3) is 0 Å². The fourth-order valence-corrected chi connectivity index (χ4v) is 1.37. The highest BCUT2D eigenvalue weighted by atomic mass is 35.5. The number of esters is 1. The molecule has 0 spiro atoms. The van der Waals surface area contributed by atoms with Crippen LogP contribution in [0, 0.1) is 5.92 Å². The molecule has 0 aromatic rings. The van der Waals surface area contributed by atoms with Crippen molar-refractivity contribution in [3.63, 3.8) is 0 Å². The van der Waals surface area contributed by atoms with Crippen LogP contribution >= 0.6 is 11.6 Å². The lowest BCUT2D eigenvalue weighted by atomic mass is 10.0. The van der Waals surface area contributed by atoms with E-state index in [1.807, 2.05) is 0 Å². The van der Waals surface area contributed by atoms with Gasteiger partial charge in [-0.2, -0.15) is 0 Å². The van der Waals surface area contributed by atoms with E-state index in [9.17, 15) is 4.79 Å². The Bertz CT molecular complexity index is 229. The number of carbonyl (C=O) groups is 1. The number of ether oxygens (including phenoxy) is 2. The van der Waals surface area contributed by atoms with E-state index >= 15 is 0 Å². The number of hydrogen-bond donors (Lipinski definition) is 0. The molecule has 0 radical (unpaired) electrons. The zero-order valence-corrected chi connectivity index (χ0v) is 13.0. The Morgan fingerprint density at radius 1 is 1.37 bits per heavy atom. The van der Waals surface area contributed by atoms with Crippen molar-refractivity contribution >= 4 is 17.6 Å². The summed E-state index contributed by atoms with van der Waals surface area (Å²) in [4.78, 5) is 10.8. The van der Waals surface area contributed by atoms with Crippen molar-refractivity contribution in [2.75, 3.05) is 19.1 Å². The second kappa shape index (κ2) is 17.0. The van der Waals surface area contributed by atoms with Crippen LogP contribution < -0.4 is 0 Å². The van der Waals surface area contributed by atoms with E-state index in [2.05, 4.69) is 31.7 Å². The van der Waals surface area contributed by atoms with Crippen molar-refractivity contribution in [2.45, 2.75) is 39.5 Å². The van der Waals surface area contributed by atoms with Gasteiger partial charge in [0.15, 0.2) is 0 Å². The number of carbonyl (C=O) groups excluding carboxylic acids is 1. The topological polar surface area (TPSA) is 35.5 Å². The molecule has 0 aromatic heterocycles. The third kappa shape index (κ3) is 17.0. The molecule has 3 nitrogen and oxygen atoms in total. The van der Waals surface area contributed by atoms with Crippen LogP contribution in [0.2, 0.25) is 0 Å². The molecule has 0 aliphatic heterocycles. The first-order chi connectivity index (χ1) is 9.15. The van der Waals surface area contributed by atoms with E-state index in [0.717, 1.165) is 12.8 Å². The molecule has 0 aliphatic rings. The van der Waals surface area contributed by atoms with Gasteiger partial charge in [0.1, 0.15) is 6.61 Å². The lowest BCUT2D eigenvalue weighted by molar-refractivity contribution is -0.139. The maximum absolute atomic E-state index is 10.8. The molecule has 0 heterocycles. The molecule has 0 saturated heterocycles. The Kier molecular flexibility index (Phi) is 18.3. The van der Waals surface area contributed by atoms with Crippen molar-refractivity contribution in [2.24, 2.45) is 5.92 Å². The second-order valence-corrected chi connectivity index (χ2v) is 4.36. The maximum Gasteiger partial charge on any atom is 0.330 e. The number of alkyl halides is 1. The molecule has 19 heavy (non-hydrogen) atoms. The van der Waals surface area contributed by atoms with Gasteiger partial charge >= 0.3 is 5.97 Å². The van der Waals surface area contributed by atoms with E-state index in [0.29, 0.717) is 25.0 Å². The quantitative estimate of drug-likeness (QED) is 0.198. The first-order valence-corrected chi connectivity index (χ1v) is 7.27. The van der Waals surface area contributed by atoms with E-state index in [4.69, 9.17) is 16.3 Å². The van der Waals surface area contributed by atoms with Gasteiger partial charge in [-0.3, -0.25) is 0 Å². The van der Waals surface area contributed by atoms with Crippen molar-refractivity contribution in [3.05, 3.63) is 25.5 Å². The molecule has 0 aliphatic carbocycles. The Balaban J connectivity index is 0. The molecule has 0 fully saturated rings. The summed E-state index contributed by atoms with van der Waals surface area (Å²) in [7, 11) is 0. The molecule has 0 amide bonds. The van der Waals surface area contributed by atoms with Crippen molar-refractivity contribution in [1.82, 2.24) is 0 Å². The Morgan fingerprint density at radius 3 is 2.42 bits per heavy atom. The van der Waals surface area contributed by atoms with Crippen LogP contribution in [0.1, 0.15) is 39.5 Å². The molecule has 0 bridgehead atoms. The lowest BCUT2D eigenvalue weighted by Crippen LogP contribution is -2.12. The SMILES string of the molecule is C=CC(=O)OCC(CC)CCCC.C=COCCCl. The van der Waals surface area contributed by atoms with Gasteiger partial charge in [-0.05, 0) is 12.3 Å². The number of rotatable bonds is 10. The summed E-state index contributed by atoms with van der Waals surface area (Å²) < 4.78 is 9.60. The Labute approximate surface area is 122 Å². The van der Waals surface area contributed by atoms with E-state index in [1.165, 1.54) is 25.2 Å². The highest BCUT2D eigenvalue weighted by Crippen LogP contribution is 2.12. The molecule has 0 N–H and O–H groups in total. The van der Waals surface area contributed by atoms with Crippen LogP contribution in [0.3, 0.4) is 0 Å². The van der Waals surface area contributed by atoms with Gasteiger partial charge in [0, 0.05) is 6.08 Å². The average Bonchev–Trinajstić information content (AvgIpc) is 2.45. The maximum atomic E-state index is 10.8. The van der Waals surface area contributed by atoms with E-state index in [1.54, 1.807) is 0 Å². The smallest absolute Gasteiger partial charge is 0.330 e. The van der Waals surface area contributed by atoms with Crippen LogP contribution in [0.4, 0.5) is 0 Å². The minimum absolute atomic E-state index is 0.310. The van der Waals surface area contributed by atoms with Crippen LogP contribution in [-0.2, 0) is 14.3 Å². The van der Waals surface area contributed by atoms with Gasteiger partial charge < -0.3 is 9.47 Å². The summed E-state index contributed by atoms with van der Waals surface area (Å²) in [6.07, 6.45) is 7.23. The molecular formula is C15H27ClO3. The lowest BCUT2D eigenvalue weighted by Gasteiger charge is -2.13. The van der Waals surface area contributed by atoms with Gasteiger partial charge in [0.05, 0.1) is 18.7 Å². The molecule has 4 heteroatoms. The van der Waals surface area contributed by atoms with E-state index < -0.39 is 0 Å². The largest absolute Gasteiger partial charge is 0.501 e. The highest BCUT2D eigenvalue weighted by Gasteiger charge is 2.07. The van der Waals surface area contributed by atoms with Gasteiger partial charge in [-0.25, -0.2) is 4.79 Å². The van der Waals surface area contributed by atoms with Gasteiger partial charge in [0.2, 0.25) is 0 Å². The first-order valence-electron chi connectivity index (χ1n) is 6.73. The second-order valence-electron chi connectivity index (χ2n) is 3.98. The normalized spacial score (nSPS) is 10.7. The Morgan fingerprint density at radius 2 is 2.05 bits per heavy atom. The monoisotopic (exact) mass is 290 g/mol. The average molecular weight is 291 g/mol. The molecule has 112 valence electrons. The third-order valence-electron chi connectivity index (χ3n) is 2.48. The summed E-state index contributed by atoms with van der Waals surface area (Å²) in [5, 5.41) is 0. The minimum atomic E-state index is -0.310. The molecule has 0 saturated carbocycles. The van der Waals surface area contributed by atoms with Gasteiger partial charge in [-0.1, -0.05) is 46.3 Å². The number of hydrogen-bond acceptors (Lipinski definition) is 3. The summed E-state index contributed by atoms with van der Waals surface area (Å²) in [5.74, 6) is 0.741.